The Morgan fingerprint density at radius 3 is 2.74 bits per heavy atom. The van der Waals surface area contributed by atoms with Crippen LogP contribution in [0.4, 0.5) is 15.8 Å². The molecule has 4 rings (SSSR count). The lowest BCUT2D eigenvalue weighted by atomic mass is 10.2. The number of anilines is 2. The van der Waals surface area contributed by atoms with Gasteiger partial charge in [-0.2, -0.15) is 4.98 Å². The number of nitrogens with zero attached hydrogens (tertiary/aromatic N) is 3. The van der Waals surface area contributed by atoms with Gasteiger partial charge in [0, 0.05) is 37.1 Å². The van der Waals surface area contributed by atoms with Crippen LogP contribution in [0.15, 0.2) is 47.0 Å². The van der Waals surface area contributed by atoms with Crippen molar-refractivity contribution in [1.29, 1.82) is 0 Å². The van der Waals surface area contributed by atoms with E-state index in [0.29, 0.717) is 59.5 Å². The molecule has 7 nitrogen and oxygen atoms in total. The Morgan fingerprint density at radius 1 is 1.23 bits per heavy atom. The summed E-state index contributed by atoms with van der Waals surface area (Å²) in [5.74, 6) is 0.348. The van der Waals surface area contributed by atoms with Crippen molar-refractivity contribution < 1.29 is 18.5 Å². The minimum Gasteiger partial charge on any atom is -0.339 e. The summed E-state index contributed by atoms with van der Waals surface area (Å²) >= 11 is 6.31. The van der Waals surface area contributed by atoms with E-state index in [1.807, 2.05) is 0 Å². The highest BCUT2D eigenvalue weighted by atomic mass is 35.5. The highest BCUT2D eigenvalue weighted by Gasteiger charge is 2.23. The van der Waals surface area contributed by atoms with Crippen molar-refractivity contribution in [3.05, 3.63) is 59.2 Å². The number of carbonyl (C=O) groups excluding carboxylic acids is 2. The minimum absolute atomic E-state index is 0.0577. The highest BCUT2D eigenvalue weighted by Crippen LogP contribution is 2.31. The molecule has 31 heavy (non-hydrogen) atoms. The molecule has 0 aliphatic carbocycles. The van der Waals surface area contributed by atoms with Gasteiger partial charge in [-0.3, -0.25) is 9.59 Å². The maximum atomic E-state index is 13.0. The van der Waals surface area contributed by atoms with Gasteiger partial charge in [-0.15, -0.1) is 0 Å². The maximum absolute atomic E-state index is 13.0. The molecule has 0 atom stereocenters. The summed E-state index contributed by atoms with van der Waals surface area (Å²) in [5.41, 5.74) is 1.89. The molecule has 0 saturated carbocycles. The predicted molar refractivity (Wildman–Crippen MR) is 114 cm³/mol. The van der Waals surface area contributed by atoms with Gasteiger partial charge < -0.3 is 14.7 Å². The summed E-state index contributed by atoms with van der Waals surface area (Å²) in [6.45, 7) is 0.656. The van der Waals surface area contributed by atoms with E-state index in [1.54, 1.807) is 35.2 Å². The van der Waals surface area contributed by atoms with E-state index in [9.17, 15) is 14.0 Å². The fourth-order valence-corrected chi connectivity index (χ4v) is 3.69. The molecular weight excluding hydrogens is 423 g/mol. The summed E-state index contributed by atoms with van der Waals surface area (Å²) in [6, 6.07) is 10.9. The van der Waals surface area contributed by atoms with Crippen molar-refractivity contribution in [2.24, 2.45) is 0 Å². The molecule has 160 valence electrons. The third kappa shape index (κ3) is 5.08. The second kappa shape index (κ2) is 9.26. The van der Waals surface area contributed by atoms with Crippen molar-refractivity contribution in [3.63, 3.8) is 0 Å². The molecule has 2 amide bonds. The van der Waals surface area contributed by atoms with E-state index in [4.69, 9.17) is 16.1 Å². The molecule has 9 heteroatoms. The molecule has 0 spiro atoms. The number of benzene rings is 2. The standard InChI is InChI=1S/C22H20ClFN4O3/c23-17-13-16(10-11-18(17)28-12-2-5-21(28)30)25-19(29)3-1-4-20-26-22(27-31-20)14-6-8-15(24)9-7-14/h6-11,13H,1-5,12H2,(H,25,29). The molecule has 3 aromatic rings. The Kier molecular flexibility index (Phi) is 6.27. The number of aryl methyl sites for hydroxylation is 1. The fourth-order valence-electron chi connectivity index (χ4n) is 3.40. The number of amides is 2. The van der Waals surface area contributed by atoms with E-state index in [-0.39, 0.29) is 24.1 Å². The number of hydrogen-bond acceptors (Lipinski definition) is 5. The smallest absolute Gasteiger partial charge is 0.227 e. The molecule has 1 fully saturated rings. The molecule has 0 bridgehead atoms. The normalized spacial score (nSPS) is 13.6. The predicted octanol–water partition coefficient (Wildman–Crippen LogP) is 4.62. The van der Waals surface area contributed by atoms with Crippen LogP contribution in [0.3, 0.4) is 0 Å². The van der Waals surface area contributed by atoms with Crippen LogP contribution in [0, 0.1) is 5.82 Å². The third-order valence-corrected chi connectivity index (χ3v) is 5.26. The van der Waals surface area contributed by atoms with Crippen LogP contribution in [0.25, 0.3) is 11.4 Å². The van der Waals surface area contributed by atoms with Gasteiger partial charge in [-0.1, -0.05) is 16.8 Å². The minimum atomic E-state index is -0.334. The Labute approximate surface area is 183 Å². The van der Waals surface area contributed by atoms with Crippen LogP contribution in [0.2, 0.25) is 5.02 Å². The fraction of sp³-hybridized carbons (Fsp3) is 0.273. The molecular formula is C22H20ClFN4O3. The zero-order chi connectivity index (χ0) is 21.8. The first kappa shape index (κ1) is 21.0. The molecule has 1 N–H and O–H groups in total. The first-order valence-electron chi connectivity index (χ1n) is 9.98. The van der Waals surface area contributed by atoms with E-state index >= 15 is 0 Å². The van der Waals surface area contributed by atoms with Gasteiger partial charge in [-0.25, -0.2) is 4.39 Å². The Hall–Kier alpha value is -3.26. The van der Waals surface area contributed by atoms with E-state index in [2.05, 4.69) is 15.5 Å². The molecule has 2 aromatic carbocycles. The lowest BCUT2D eigenvalue weighted by Crippen LogP contribution is -2.24. The Bertz CT molecular complexity index is 1100. The van der Waals surface area contributed by atoms with Crippen molar-refractivity contribution in [2.45, 2.75) is 32.1 Å². The summed E-state index contributed by atoms with van der Waals surface area (Å²) < 4.78 is 18.2. The van der Waals surface area contributed by atoms with Gasteiger partial charge in [-0.05, 0) is 55.3 Å². The quantitative estimate of drug-likeness (QED) is 0.577. The van der Waals surface area contributed by atoms with Gasteiger partial charge in [0.2, 0.25) is 23.5 Å². The molecule has 1 aliphatic heterocycles. The molecule has 2 heterocycles. The second-order valence-corrected chi connectivity index (χ2v) is 7.64. The summed E-state index contributed by atoms with van der Waals surface area (Å²) in [7, 11) is 0. The van der Waals surface area contributed by atoms with E-state index in [0.717, 1.165) is 6.42 Å². The number of halogens is 2. The molecule has 0 radical (unpaired) electrons. The lowest BCUT2D eigenvalue weighted by molar-refractivity contribution is -0.117. The largest absolute Gasteiger partial charge is 0.339 e. The summed E-state index contributed by atoms with van der Waals surface area (Å²) in [4.78, 5) is 30.1. The zero-order valence-electron chi connectivity index (χ0n) is 16.6. The number of hydrogen-bond donors (Lipinski definition) is 1. The van der Waals surface area contributed by atoms with Gasteiger partial charge in [0.1, 0.15) is 5.82 Å². The summed E-state index contributed by atoms with van der Waals surface area (Å²) in [5, 5.41) is 7.11. The highest BCUT2D eigenvalue weighted by molar-refractivity contribution is 6.34. The van der Waals surface area contributed by atoms with Crippen LogP contribution in [0.5, 0.6) is 0 Å². The van der Waals surface area contributed by atoms with E-state index < -0.39 is 0 Å². The SMILES string of the molecule is O=C(CCCc1nc(-c2ccc(F)cc2)no1)Nc1ccc(N2CCCC2=O)c(Cl)c1. The van der Waals surface area contributed by atoms with Crippen molar-refractivity contribution in [1.82, 2.24) is 10.1 Å². The average Bonchev–Trinajstić information content (AvgIpc) is 3.38. The Balaban J connectivity index is 1.27. The zero-order valence-corrected chi connectivity index (χ0v) is 17.4. The van der Waals surface area contributed by atoms with E-state index in [1.165, 1.54) is 12.1 Å². The Morgan fingerprint density at radius 2 is 2.03 bits per heavy atom. The first-order chi connectivity index (χ1) is 15.0. The van der Waals surface area contributed by atoms with Crippen LogP contribution in [-0.4, -0.2) is 28.5 Å². The van der Waals surface area contributed by atoms with Crippen molar-refractivity contribution in [3.8, 4) is 11.4 Å². The van der Waals surface area contributed by atoms with Gasteiger partial charge in [0.25, 0.3) is 0 Å². The van der Waals surface area contributed by atoms with Crippen LogP contribution in [0.1, 0.15) is 31.6 Å². The molecule has 1 aliphatic rings. The summed E-state index contributed by atoms with van der Waals surface area (Å²) in [6.07, 6.45) is 2.57. The van der Waals surface area contributed by atoms with Gasteiger partial charge in [0.05, 0.1) is 10.7 Å². The number of carbonyl (C=O) groups is 2. The topological polar surface area (TPSA) is 88.3 Å². The van der Waals surface area contributed by atoms with Crippen LogP contribution in [-0.2, 0) is 16.0 Å². The molecule has 0 unspecified atom stereocenters. The number of aromatic nitrogens is 2. The maximum Gasteiger partial charge on any atom is 0.227 e. The number of rotatable bonds is 7. The van der Waals surface area contributed by atoms with Crippen LogP contribution < -0.4 is 10.2 Å². The van der Waals surface area contributed by atoms with Crippen LogP contribution >= 0.6 is 11.6 Å². The lowest BCUT2D eigenvalue weighted by Gasteiger charge is -2.18. The van der Waals surface area contributed by atoms with Gasteiger partial charge >= 0.3 is 0 Å². The molecule has 1 aromatic heterocycles. The molecule has 1 saturated heterocycles. The first-order valence-corrected chi connectivity index (χ1v) is 10.4. The third-order valence-electron chi connectivity index (χ3n) is 4.96. The monoisotopic (exact) mass is 442 g/mol. The van der Waals surface area contributed by atoms with Crippen molar-refractivity contribution in [2.75, 3.05) is 16.8 Å². The van der Waals surface area contributed by atoms with Gasteiger partial charge in [0.15, 0.2) is 0 Å². The average molecular weight is 443 g/mol. The number of nitrogens with one attached hydrogen (secondary N) is 1. The second-order valence-electron chi connectivity index (χ2n) is 7.24. The van der Waals surface area contributed by atoms with Crippen molar-refractivity contribution >= 4 is 34.8 Å².